The summed E-state index contributed by atoms with van der Waals surface area (Å²) in [5.41, 5.74) is 0.890. The van der Waals surface area contributed by atoms with Gasteiger partial charge in [0.25, 0.3) is 5.56 Å². The van der Waals surface area contributed by atoms with Crippen LogP contribution in [-0.4, -0.2) is 39.5 Å². The minimum atomic E-state index is -0.0900. The maximum absolute atomic E-state index is 13.3. The molecule has 0 aromatic carbocycles. The Hall–Kier alpha value is -1.73. The largest absolute Gasteiger partial charge is 0.352 e. The average Bonchev–Trinajstić information content (AvgIpc) is 2.97. The van der Waals surface area contributed by atoms with E-state index < -0.39 is 0 Å². The number of fused-ring (bicyclic) bond motifs is 1. The molecule has 3 rings (SSSR count). The van der Waals surface area contributed by atoms with Gasteiger partial charge in [-0.2, -0.15) is 0 Å². The minimum absolute atomic E-state index is 0.0449. The van der Waals surface area contributed by atoms with Crippen LogP contribution in [0.5, 0.6) is 0 Å². The lowest BCUT2D eigenvalue weighted by Crippen LogP contribution is -2.41. The van der Waals surface area contributed by atoms with Crippen LogP contribution in [0.15, 0.2) is 4.79 Å². The molecule has 1 amide bonds. The Bertz CT molecular complexity index is 892. The van der Waals surface area contributed by atoms with Gasteiger partial charge < -0.3 is 5.32 Å². The molecular formula is C21H32N4O2S. The maximum atomic E-state index is 13.3. The fourth-order valence-electron chi connectivity index (χ4n) is 3.96. The summed E-state index contributed by atoms with van der Waals surface area (Å²) < 4.78 is 1.60. The Morgan fingerprint density at radius 2 is 1.89 bits per heavy atom. The maximum Gasteiger partial charge on any atom is 0.263 e. The summed E-state index contributed by atoms with van der Waals surface area (Å²) >= 11 is 1.56. The number of carbonyl (C=O) groups is 1. The molecule has 0 radical (unpaired) electrons. The van der Waals surface area contributed by atoms with Gasteiger partial charge in [0.2, 0.25) is 5.91 Å². The first-order valence-corrected chi connectivity index (χ1v) is 11.3. The first-order valence-electron chi connectivity index (χ1n) is 10.5. The van der Waals surface area contributed by atoms with Crippen molar-refractivity contribution in [2.24, 2.45) is 0 Å². The van der Waals surface area contributed by atoms with E-state index in [-0.39, 0.29) is 24.1 Å². The molecule has 6 nitrogen and oxygen atoms in total. The normalized spacial score (nSPS) is 15.5. The van der Waals surface area contributed by atoms with Gasteiger partial charge in [-0.3, -0.25) is 19.1 Å². The van der Waals surface area contributed by atoms with Crippen molar-refractivity contribution >= 4 is 27.5 Å². The molecule has 2 aromatic heterocycles. The molecule has 1 aliphatic rings. The molecule has 2 aromatic rings. The number of carbonyl (C=O) groups excluding carboxylic acids is 1. The average molecular weight is 405 g/mol. The van der Waals surface area contributed by atoms with Gasteiger partial charge in [-0.1, -0.05) is 33.1 Å². The van der Waals surface area contributed by atoms with Gasteiger partial charge in [0.05, 0.1) is 11.9 Å². The highest BCUT2D eigenvalue weighted by molar-refractivity contribution is 7.18. The molecule has 2 heterocycles. The third kappa shape index (κ3) is 4.46. The highest BCUT2D eigenvalue weighted by Gasteiger charge is 2.21. The van der Waals surface area contributed by atoms with Gasteiger partial charge in [-0.15, -0.1) is 11.3 Å². The van der Waals surface area contributed by atoms with Crippen LogP contribution in [-0.2, 0) is 17.9 Å². The van der Waals surface area contributed by atoms with E-state index in [0.717, 1.165) is 41.2 Å². The molecule has 1 N–H and O–H groups in total. The van der Waals surface area contributed by atoms with Crippen molar-refractivity contribution in [1.82, 2.24) is 19.8 Å². The van der Waals surface area contributed by atoms with Crippen LogP contribution < -0.4 is 10.9 Å². The molecule has 1 fully saturated rings. The Morgan fingerprint density at radius 3 is 2.54 bits per heavy atom. The lowest BCUT2D eigenvalue weighted by atomic mass is 9.95. The SMILES string of the molecule is CCN(CC)Cc1nc2sc(C)c(C)c2c(=O)n1CC(=O)NC1CCCCC1. The minimum Gasteiger partial charge on any atom is -0.352 e. The van der Waals surface area contributed by atoms with Crippen molar-refractivity contribution in [2.45, 2.75) is 78.9 Å². The van der Waals surface area contributed by atoms with Gasteiger partial charge in [-0.25, -0.2) is 4.98 Å². The van der Waals surface area contributed by atoms with Crippen LogP contribution >= 0.6 is 11.3 Å². The van der Waals surface area contributed by atoms with Crippen LogP contribution in [0.25, 0.3) is 10.2 Å². The molecule has 1 aliphatic carbocycles. The summed E-state index contributed by atoms with van der Waals surface area (Å²) in [6.07, 6.45) is 5.65. The number of hydrogen-bond acceptors (Lipinski definition) is 5. The molecule has 0 unspecified atom stereocenters. The number of thiophene rings is 1. The third-order valence-corrected chi connectivity index (χ3v) is 7.00. The number of aryl methyl sites for hydroxylation is 2. The number of aromatic nitrogens is 2. The van der Waals surface area contributed by atoms with Gasteiger partial charge in [0.15, 0.2) is 0 Å². The van der Waals surface area contributed by atoms with Crippen molar-refractivity contribution in [1.29, 1.82) is 0 Å². The summed E-state index contributed by atoms with van der Waals surface area (Å²) in [7, 11) is 0. The molecule has 154 valence electrons. The van der Waals surface area contributed by atoms with Crippen LogP contribution in [0.4, 0.5) is 0 Å². The second-order valence-electron chi connectivity index (χ2n) is 7.75. The Morgan fingerprint density at radius 1 is 1.21 bits per heavy atom. The quantitative estimate of drug-likeness (QED) is 0.768. The lowest BCUT2D eigenvalue weighted by Gasteiger charge is -2.24. The third-order valence-electron chi connectivity index (χ3n) is 5.90. The molecule has 0 spiro atoms. The fraction of sp³-hybridized carbons (Fsp3) is 0.667. The van der Waals surface area contributed by atoms with Crippen molar-refractivity contribution in [2.75, 3.05) is 13.1 Å². The van der Waals surface area contributed by atoms with Crippen molar-refractivity contribution in [3.63, 3.8) is 0 Å². The monoisotopic (exact) mass is 404 g/mol. The molecule has 0 bridgehead atoms. The molecular weight excluding hydrogens is 372 g/mol. The van der Waals surface area contributed by atoms with Crippen LogP contribution in [0.1, 0.15) is 62.2 Å². The van der Waals surface area contributed by atoms with Gasteiger partial charge >= 0.3 is 0 Å². The zero-order chi connectivity index (χ0) is 20.3. The Balaban J connectivity index is 1.94. The van der Waals surface area contributed by atoms with E-state index in [0.29, 0.717) is 17.8 Å². The summed E-state index contributed by atoms with van der Waals surface area (Å²) in [5, 5.41) is 3.80. The first-order chi connectivity index (χ1) is 13.4. The first kappa shape index (κ1) is 21.0. The summed E-state index contributed by atoms with van der Waals surface area (Å²) in [4.78, 5) is 35.0. The molecule has 28 heavy (non-hydrogen) atoms. The van der Waals surface area contributed by atoms with Gasteiger partial charge in [-0.05, 0) is 45.3 Å². The second kappa shape index (κ2) is 9.18. The van der Waals surface area contributed by atoms with E-state index in [1.165, 1.54) is 19.3 Å². The molecule has 7 heteroatoms. The summed E-state index contributed by atoms with van der Waals surface area (Å²) in [6, 6.07) is 0.241. The fourth-order valence-corrected chi connectivity index (χ4v) is 5.00. The van der Waals surface area contributed by atoms with Crippen LogP contribution in [0, 0.1) is 13.8 Å². The van der Waals surface area contributed by atoms with E-state index >= 15 is 0 Å². The number of nitrogens with one attached hydrogen (secondary N) is 1. The molecule has 0 atom stereocenters. The number of rotatable bonds is 7. The number of nitrogens with zero attached hydrogens (tertiary/aromatic N) is 3. The van der Waals surface area contributed by atoms with Gasteiger partial charge in [0.1, 0.15) is 17.2 Å². The Kier molecular flexibility index (Phi) is 6.88. The van der Waals surface area contributed by atoms with Gasteiger partial charge in [0, 0.05) is 10.9 Å². The predicted molar refractivity (Wildman–Crippen MR) is 115 cm³/mol. The number of amides is 1. The molecule has 0 saturated heterocycles. The topological polar surface area (TPSA) is 67.2 Å². The summed E-state index contributed by atoms with van der Waals surface area (Å²) in [6.45, 7) is 10.6. The lowest BCUT2D eigenvalue weighted by molar-refractivity contribution is -0.122. The Labute approximate surface area is 171 Å². The van der Waals surface area contributed by atoms with E-state index in [4.69, 9.17) is 4.98 Å². The second-order valence-corrected chi connectivity index (χ2v) is 8.95. The van der Waals surface area contributed by atoms with Crippen LogP contribution in [0.3, 0.4) is 0 Å². The number of hydrogen-bond donors (Lipinski definition) is 1. The summed E-state index contributed by atoms with van der Waals surface area (Å²) in [5.74, 6) is 0.599. The van der Waals surface area contributed by atoms with E-state index in [1.54, 1.807) is 15.9 Å². The molecule has 1 saturated carbocycles. The smallest absolute Gasteiger partial charge is 0.263 e. The van der Waals surface area contributed by atoms with Crippen LogP contribution in [0.2, 0.25) is 0 Å². The highest BCUT2D eigenvalue weighted by Crippen LogP contribution is 2.26. The van der Waals surface area contributed by atoms with E-state index in [9.17, 15) is 9.59 Å². The zero-order valence-corrected chi connectivity index (χ0v) is 18.3. The predicted octanol–water partition coefficient (Wildman–Crippen LogP) is 3.37. The van der Waals surface area contributed by atoms with E-state index in [1.807, 2.05) is 13.8 Å². The van der Waals surface area contributed by atoms with Crippen molar-refractivity contribution in [3.05, 3.63) is 26.6 Å². The molecule has 0 aliphatic heterocycles. The van der Waals surface area contributed by atoms with E-state index in [2.05, 4.69) is 24.1 Å². The highest BCUT2D eigenvalue weighted by atomic mass is 32.1. The zero-order valence-electron chi connectivity index (χ0n) is 17.5. The van der Waals surface area contributed by atoms with Crippen molar-refractivity contribution in [3.8, 4) is 0 Å². The standard InChI is InChI=1S/C21H32N4O2S/c1-5-24(6-2)12-17-23-20-19(14(3)15(4)28-20)21(27)25(17)13-18(26)22-16-10-8-7-9-11-16/h16H,5-13H2,1-4H3,(H,22,26). The van der Waals surface area contributed by atoms with Crippen molar-refractivity contribution < 1.29 is 4.79 Å².